The number of hydrogen-bond acceptors (Lipinski definition) is 3. The van der Waals surface area contributed by atoms with Crippen molar-refractivity contribution in [1.82, 2.24) is 0 Å². The number of carbonyl (C=O) groups excluding carboxylic acids is 1. The van der Waals surface area contributed by atoms with E-state index in [4.69, 9.17) is 14.6 Å². The molecule has 0 heterocycles. The van der Waals surface area contributed by atoms with Crippen LogP contribution >= 0.6 is 0 Å². The first kappa shape index (κ1) is 22.9. The van der Waals surface area contributed by atoms with Crippen LogP contribution in [0.4, 0.5) is 13.2 Å². The first-order chi connectivity index (χ1) is 11.7. The fraction of sp³-hybridized carbons (Fsp3) is 0.556. The summed E-state index contributed by atoms with van der Waals surface area (Å²) >= 11 is 0. The zero-order valence-corrected chi connectivity index (χ0v) is 14.5. The normalized spacial score (nSPS) is 11.9. The molecule has 142 valence electrons. The van der Waals surface area contributed by atoms with Crippen molar-refractivity contribution in [2.45, 2.75) is 58.7 Å². The van der Waals surface area contributed by atoms with Gasteiger partial charge in [-0.1, -0.05) is 69.9 Å². The van der Waals surface area contributed by atoms with Crippen LogP contribution in [0.25, 0.3) is 0 Å². The van der Waals surface area contributed by atoms with E-state index in [1.165, 1.54) is 19.3 Å². The van der Waals surface area contributed by atoms with Crippen molar-refractivity contribution in [3.8, 4) is 0 Å². The average molecular weight is 362 g/mol. The van der Waals surface area contributed by atoms with Gasteiger partial charge in [0.1, 0.15) is 6.61 Å². The standard InChI is InChI=1S/C16H24O2.C2HF3O2/c1-3-4-5-7-10-14(2)16(17)18-13-15-11-8-6-9-12-15;3-2(4,5)1(6)7/h6,8-9,11-12,14H,3-5,7,10,13H2,1-2H3;(H,6,7). The van der Waals surface area contributed by atoms with E-state index in [1.54, 1.807) is 0 Å². The van der Waals surface area contributed by atoms with Gasteiger partial charge in [0.2, 0.25) is 0 Å². The van der Waals surface area contributed by atoms with Crippen LogP contribution in [0.3, 0.4) is 0 Å². The number of rotatable bonds is 8. The highest BCUT2D eigenvalue weighted by atomic mass is 19.4. The molecule has 0 saturated carbocycles. The lowest BCUT2D eigenvalue weighted by atomic mass is 10.0. The van der Waals surface area contributed by atoms with E-state index in [2.05, 4.69) is 6.92 Å². The monoisotopic (exact) mass is 362 g/mol. The van der Waals surface area contributed by atoms with Gasteiger partial charge in [0.25, 0.3) is 0 Å². The van der Waals surface area contributed by atoms with Gasteiger partial charge in [-0.2, -0.15) is 13.2 Å². The minimum atomic E-state index is -5.08. The number of halogens is 3. The molecule has 1 aromatic rings. The Labute approximate surface area is 146 Å². The van der Waals surface area contributed by atoms with E-state index < -0.39 is 12.1 Å². The molecule has 1 atom stereocenters. The van der Waals surface area contributed by atoms with Crippen LogP contribution in [0, 0.1) is 5.92 Å². The number of esters is 1. The molecule has 0 aromatic heterocycles. The van der Waals surface area contributed by atoms with Gasteiger partial charge in [0.05, 0.1) is 5.92 Å². The summed E-state index contributed by atoms with van der Waals surface area (Å²) in [7, 11) is 0. The van der Waals surface area contributed by atoms with E-state index >= 15 is 0 Å². The Kier molecular flexibility index (Phi) is 11.3. The molecule has 1 rings (SSSR count). The number of carbonyl (C=O) groups is 2. The second kappa shape index (κ2) is 12.3. The molecule has 0 aliphatic carbocycles. The zero-order chi connectivity index (χ0) is 19.3. The summed E-state index contributed by atoms with van der Waals surface area (Å²) in [6.07, 6.45) is 0.675. The molecule has 0 aliphatic heterocycles. The molecule has 0 amide bonds. The molecule has 0 spiro atoms. The quantitative estimate of drug-likeness (QED) is 0.524. The average Bonchev–Trinajstić information content (AvgIpc) is 2.57. The lowest BCUT2D eigenvalue weighted by molar-refractivity contribution is -0.192. The number of benzene rings is 1. The van der Waals surface area contributed by atoms with Gasteiger partial charge in [0, 0.05) is 0 Å². The molecule has 1 aromatic carbocycles. The zero-order valence-electron chi connectivity index (χ0n) is 14.5. The second-order valence-corrected chi connectivity index (χ2v) is 5.65. The van der Waals surface area contributed by atoms with Crippen molar-refractivity contribution >= 4 is 11.9 Å². The highest BCUT2D eigenvalue weighted by Gasteiger charge is 2.38. The minimum Gasteiger partial charge on any atom is -0.475 e. The van der Waals surface area contributed by atoms with E-state index in [0.717, 1.165) is 18.4 Å². The Balaban J connectivity index is 0.000000697. The van der Waals surface area contributed by atoms with Crippen LogP contribution in [0.15, 0.2) is 30.3 Å². The maximum absolute atomic E-state index is 11.8. The van der Waals surface area contributed by atoms with Gasteiger partial charge in [-0.15, -0.1) is 0 Å². The Morgan fingerprint density at radius 3 is 2.16 bits per heavy atom. The van der Waals surface area contributed by atoms with Gasteiger partial charge >= 0.3 is 18.1 Å². The number of unbranched alkanes of at least 4 members (excludes halogenated alkanes) is 3. The Hall–Kier alpha value is -2.05. The van der Waals surface area contributed by atoms with Crippen LogP contribution in [0.5, 0.6) is 0 Å². The molecule has 0 saturated heterocycles. The van der Waals surface area contributed by atoms with Crippen LogP contribution in [-0.2, 0) is 20.9 Å². The van der Waals surface area contributed by atoms with Crippen molar-refractivity contribution in [2.24, 2.45) is 5.92 Å². The van der Waals surface area contributed by atoms with Crippen LogP contribution in [0.1, 0.15) is 51.5 Å². The van der Waals surface area contributed by atoms with Gasteiger partial charge in [-0.05, 0) is 12.0 Å². The number of carboxylic acids is 1. The van der Waals surface area contributed by atoms with Gasteiger partial charge < -0.3 is 9.84 Å². The third-order valence-corrected chi connectivity index (χ3v) is 3.36. The molecule has 1 unspecified atom stereocenters. The number of aliphatic carboxylic acids is 1. The summed E-state index contributed by atoms with van der Waals surface area (Å²) in [5.74, 6) is -2.81. The molecule has 0 fully saturated rings. The van der Waals surface area contributed by atoms with Crippen molar-refractivity contribution < 1.29 is 32.6 Å². The third-order valence-electron chi connectivity index (χ3n) is 3.36. The minimum absolute atomic E-state index is 0.0190. The highest BCUT2D eigenvalue weighted by Crippen LogP contribution is 2.13. The summed E-state index contributed by atoms with van der Waals surface area (Å²) in [5, 5.41) is 7.12. The second-order valence-electron chi connectivity index (χ2n) is 5.65. The number of ether oxygens (including phenoxy) is 1. The van der Waals surface area contributed by atoms with E-state index in [-0.39, 0.29) is 11.9 Å². The lowest BCUT2D eigenvalue weighted by Crippen LogP contribution is -2.21. The first-order valence-electron chi connectivity index (χ1n) is 8.19. The number of alkyl halides is 3. The van der Waals surface area contributed by atoms with Crippen molar-refractivity contribution in [1.29, 1.82) is 0 Å². The van der Waals surface area contributed by atoms with E-state index in [1.807, 2.05) is 37.3 Å². The maximum atomic E-state index is 11.8. The first-order valence-corrected chi connectivity index (χ1v) is 8.19. The van der Waals surface area contributed by atoms with Crippen LogP contribution < -0.4 is 0 Å². The van der Waals surface area contributed by atoms with Gasteiger partial charge in [0.15, 0.2) is 0 Å². The van der Waals surface area contributed by atoms with Crippen molar-refractivity contribution in [3.63, 3.8) is 0 Å². The highest BCUT2D eigenvalue weighted by molar-refractivity contribution is 5.73. The predicted molar refractivity (Wildman–Crippen MR) is 87.9 cm³/mol. The predicted octanol–water partition coefficient (Wildman–Crippen LogP) is 4.97. The van der Waals surface area contributed by atoms with E-state index in [0.29, 0.717) is 6.61 Å². The molecule has 1 N–H and O–H groups in total. The number of hydrogen-bond donors (Lipinski definition) is 1. The Bertz CT molecular complexity index is 501. The van der Waals surface area contributed by atoms with Gasteiger partial charge in [-0.25, -0.2) is 4.79 Å². The lowest BCUT2D eigenvalue weighted by Gasteiger charge is -2.11. The fourth-order valence-corrected chi connectivity index (χ4v) is 1.87. The summed E-state index contributed by atoms with van der Waals surface area (Å²) in [6.45, 7) is 4.54. The Morgan fingerprint density at radius 1 is 1.12 bits per heavy atom. The molecule has 4 nitrogen and oxygen atoms in total. The van der Waals surface area contributed by atoms with Crippen molar-refractivity contribution in [3.05, 3.63) is 35.9 Å². The summed E-state index contributed by atoms with van der Waals surface area (Å²) in [4.78, 5) is 20.7. The molecular formula is C18H25F3O4. The van der Waals surface area contributed by atoms with E-state index in [9.17, 15) is 18.0 Å². The summed E-state index contributed by atoms with van der Waals surface area (Å²) in [6, 6.07) is 9.81. The largest absolute Gasteiger partial charge is 0.490 e. The van der Waals surface area contributed by atoms with Crippen LogP contribution in [0.2, 0.25) is 0 Å². The van der Waals surface area contributed by atoms with Gasteiger partial charge in [-0.3, -0.25) is 4.79 Å². The molecule has 0 radical (unpaired) electrons. The Morgan fingerprint density at radius 2 is 1.68 bits per heavy atom. The van der Waals surface area contributed by atoms with Crippen LogP contribution in [-0.4, -0.2) is 23.2 Å². The SMILES string of the molecule is CCCCCCC(C)C(=O)OCc1ccccc1.O=C(O)C(F)(F)F. The molecule has 7 heteroatoms. The molecule has 0 bridgehead atoms. The summed E-state index contributed by atoms with van der Waals surface area (Å²) in [5.41, 5.74) is 1.05. The maximum Gasteiger partial charge on any atom is 0.490 e. The smallest absolute Gasteiger partial charge is 0.475 e. The topological polar surface area (TPSA) is 63.6 Å². The van der Waals surface area contributed by atoms with Crippen molar-refractivity contribution in [2.75, 3.05) is 0 Å². The molecule has 0 aliphatic rings. The molecular weight excluding hydrogens is 337 g/mol. The molecule has 25 heavy (non-hydrogen) atoms. The summed E-state index contributed by atoms with van der Waals surface area (Å²) < 4.78 is 37.0. The fourth-order valence-electron chi connectivity index (χ4n) is 1.87. The third kappa shape index (κ3) is 12.0. The number of carboxylic acid groups (broad SMARTS) is 1.